The van der Waals surface area contributed by atoms with Gasteiger partial charge in [0.2, 0.25) is 0 Å². The van der Waals surface area contributed by atoms with Gasteiger partial charge in [0, 0.05) is 0 Å². The maximum atomic E-state index is 9.45. The van der Waals surface area contributed by atoms with Crippen LogP contribution in [0.2, 0.25) is 0 Å². The monoisotopic (exact) mass is 199 g/mol. The summed E-state index contributed by atoms with van der Waals surface area (Å²) in [4.78, 5) is 9.45. The molecule has 0 heterocycles. The molecule has 3 nitrogen and oxygen atoms in total. The number of carboxylic acid groups (broad SMARTS) is 1. The first-order chi connectivity index (χ1) is 2.77. The van der Waals surface area contributed by atoms with Gasteiger partial charge in [0.15, 0.2) is 0 Å². The van der Waals surface area contributed by atoms with E-state index in [9.17, 15) is 4.79 Å². The fourth-order valence-corrected chi connectivity index (χ4v) is 0.280. The van der Waals surface area contributed by atoms with Crippen molar-refractivity contribution in [3.63, 3.8) is 0 Å². The maximum absolute atomic E-state index is 9.45. The van der Waals surface area contributed by atoms with Crippen LogP contribution in [0, 0.1) is 0 Å². The molecule has 1 N–H and O–H groups in total. The summed E-state index contributed by atoms with van der Waals surface area (Å²) in [5.74, 6) is -1.01. The van der Waals surface area contributed by atoms with Crippen molar-refractivity contribution in [1.29, 1.82) is 0 Å². The molecule has 34 valence electrons. The van der Waals surface area contributed by atoms with Crippen molar-refractivity contribution < 1.29 is 9.90 Å². The Morgan fingerprint density at radius 2 is 2.50 bits per heavy atom. The molecule has 0 aromatic carbocycles. The van der Waals surface area contributed by atoms with Crippen molar-refractivity contribution in [1.82, 2.24) is 0 Å². The van der Waals surface area contributed by atoms with E-state index in [1.54, 1.807) is 22.9 Å². The predicted octanol–water partition coefficient (Wildman–Crippen LogP) is 0.492. The van der Waals surface area contributed by atoms with Gasteiger partial charge in [0.25, 0.3) is 0 Å². The molecule has 0 bridgehead atoms. The van der Waals surface area contributed by atoms with Gasteiger partial charge in [-0.25, -0.2) is 8.00 Å². The molecule has 0 spiro atoms. The molecule has 0 fully saturated rings. The summed E-state index contributed by atoms with van der Waals surface area (Å²) in [5.41, 5.74) is 0. The Morgan fingerprint density at radius 3 is 2.50 bits per heavy atom. The van der Waals surface area contributed by atoms with Gasteiger partial charge in [-0.3, -0.25) is 0 Å². The summed E-state index contributed by atoms with van der Waals surface area (Å²) < 4.78 is 3.18. The van der Waals surface area contributed by atoms with Gasteiger partial charge >= 0.3 is 5.97 Å². The number of hydrogen-bond acceptors (Lipinski definition) is 2. The number of carbonyl (C=O) groups is 1. The highest BCUT2D eigenvalue weighted by Gasteiger charge is 1.79. The smallest absolute Gasteiger partial charge is 0.347 e. The third-order valence-corrected chi connectivity index (χ3v) is 0.438. The minimum absolute atomic E-state index is 0.820. The molecule has 6 heavy (non-hydrogen) atoms. The lowest BCUT2D eigenvalue weighted by Gasteiger charge is -1.67. The third kappa shape index (κ3) is 3.87. The molecule has 0 saturated carbocycles. The van der Waals surface area contributed by atoms with E-state index in [0.29, 0.717) is 0 Å². The van der Waals surface area contributed by atoms with Crippen LogP contribution in [-0.2, 0) is 4.79 Å². The van der Waals surface area contributed by atoms with Crippen molar-refractivity contribution in [3.05, 3.63) is 0 Å². The zero-order valence-electron chi connectivity index (χ0n) is 2.76. The van der Waals surface area contributed by atoms with Crippen LogP contribution < -0.4 is 0 Å². The van der Waals surface area contributed by atoms with Crippen molar-refractivity contribution in [2.45, 2.75) is 0 Å². The molecule has 0 radical (unpaired) electrons. The zero-order valence-corrected chi connectivity index (χ0v) is 4.92. The van der Waals surface area contributed by atoms with Crippen LogP contribution in [0.4, 0.5) is 0 Å². The fraction of sp³-hybridized carbons (Fsp3) is 0. The SMILES string of the molecule is O=C(O)C=NI. The largest absolute Gasteiger partial charge is 0.477 e. The summed E-state index contributed by atoms with van der Waals surface area (Å²) >= 11 is 1.59. The van der Waals surface area contributed by atoms with E-state index < -0.39 is 5.97 Å². The Balaban J connectivity index is 3.30. The Bertz CT molecular complexity index is 79.6. The molecule has 0 rings (SSSR count). The first-order valence-corrected chi connectivity index (χ1v) is 2.11. The Kier molecular flexibility index (Phi) is 3.01. The van der Waals surface area contributed by atoms with Gasteiger partial charge < -0.3 is 5.11 Å². The molecular formula is C2H2INO2. The number of nitrogens with zero attached hydrogens (tertiary/aromatic N) is 1. The number of rotatable bonds is 1. The Hall–Kier alpha value is -0.130. The van der Waals surface area contributed by atoms with E-state index in [0.717, 1.165) is 6.21 Å². The van der Waals surface area contributed by atoms with Crippen LogP contribution in [0.3, 0.4) is 0 Å². The van der Waals surface area contributed by atoms with E-state index >= 15 is 0 Å². The van der Waals surface area contributed by atoms with Crippen LogP contribution in [-0.4, -0.2) is 17.3 Å². The summed E-state index contributed by atoms with van der Waals surface area (Å²) in [6.45, 7) is 0. The van der Waals surface area contributed by atoms with E-state index in [1.807, 2.05) is 0 Å². The molecule has 0 saturated heterocycles. The van der Waals surface area contributed by atoms with Crippen LogP contribution in [0.15, 0.2) is 3.21 Å². The molecule has 0 aliphatic carbocycles. The average molecular weight is 199 g/mol. The van der Waals surface area contributed by atoms with Gasteiger partial charge in [0.05, 0.1) is 22.9 Å². The van der Waals surface area contributed by atoms with E-state index in [2.05, 4.69) is 3.21 Å². The summed E-state index contributed by atoms with van der Waals surface area (Å²) in [5, 5.41) is 7.76. The first kappa shape index (κ1) is 5.87. The topological polar surface area (TPSA) is 49.7 Å². The summed E-state index contributed by atoms with van der Waals surface area (Å²) in [6.07, 6.45) is 0.820. The highest BCUT2D eigenvalue weighted by atomic mass is 127. The van der Waals surface area contributed by atoms with E-state index in [4.69, 9.17) is 5.11 Å². The Labute approximate surface area is 48.6 Å². The minimum Gasteiger partial charge on any atom is -0.477 e. The molecule has 0 aromatic heterocycles. The van der Waals surface area contributed by atoms with Crippen LogP contribution >= 0.6 is 22.9 Å². The normalized spacial score (nSPS) is 9.50. The van der Waals surface area contributed by atoms with Crippen molar-refractivity contribution in [2.24, 2.45) is 3.21 Å². The van der Waals surface area contributed by atoms with Crippen LogP contribution in [0.5, 0.6) is 0 Å². The van der Waals surface area contributed by atoms with Gasteiger partial charge in [-0.2, -0.15) is 0 Å². The van der Waals surface area contributed by atoms with Crippen molar-refractivity contribution >= 4 is 35.0 Å². The Morgan fingerprint density at radius 1 is 2.00 bits per heavy atom. The quantitative estimate of drug-likeness (QED) is 0.493. The average Bonchev–Trinajstić information content (AvgIpc) is 1.35. The van der Waals surface area contributed by atoms with Crippen molar-refractivity contribution in [3.8, 4) is 0 Å². The van der Waals surface area contributed by atoms with Crippen LogP contribution in [0.1, 0.15) is 0 Å². The van der Waals surface area contributed by atoms with Gasteiger partial charge in [0.1, 0.15) is 6.21 Å². The highest BCUT2D eigenvalue weighted by molar-refractivity contribution is 14.1. The number of aliphatic carboxylic acids is 1. The molecule has 0 amide bonds. The minimum atomic E-state index is -1.01. The first-order valence-electron chi connectivity index (χ1n) is 1.14. The van der Waals surface area contributed by atoms with Gasteiger partial charge in [-0.1, -0.05) is 0 Å². The highest BCUT2D eigenvalue weighted by Crippen LogP contribution is 1.75. The third-order valence-electron chi connectivity index (χ3n) is 0.159. The predicted molar refractivity (Wildman–Crippen MR) is 30.1 cm³/mol. The fourth-order valence-electron chi connectivity index (χ4n) is 0.0417. The van der Waals surface area contributed by atoms with E-state index in [1.165, 1.54) is 0 Å². The molecule has 0 atom stereocenters. The lowest BCUT2D eigenvalue weighted by Crippen LogP contribution is -1.92. The van der Waals surface area contributed by atoms with E-state index in [-0.39, 0.29) is 0 Å². The van der Waals surface area contributed by atoms with Gasteiger partial charge in [-0.05, 0) is 0 Å². The second kappa shape index (κ2) is 3.08. The van der Waals surface area contributed by atoms with Crippen LogP contribution in [0.25, 0.3) is 0 Å². The molecular weight excluding hydrogens is 197 g/mol. The number of halogens is 1. The molecule has 4 heteroatoms. The standard InChI is InChI=1S/C2H2INO2/c3-4-1-2(5)6/h1H,(H,5,6). The lowest BCUT2D eigenvalue weighted by atomic mass is 10.8. The molecule has 0 unspecified atom stereocenters. The zero-order chi connectivity index (χ0) is 4.99. The molecule has 0 aliphatic rings. The molecule has 0 aliphatic heterocycles. The number of carboxylic acids is 1. The van der Waals surface area contributed by atoms with Gasteiger partial charge in [-0.15, -0.1) is 0 Å². The number of hydrogen-bond donors (Lipinski definition) is 1. The maximum Gasteiger partial charge on any atom is 0.347 e. The molecule has 0 aromatic rings. The second-order valence-electron chi connectivity index (χ2n) is 0.565. The second-order valence-corrected chi connectivity index (χ2v) is 1.12. The summed E-state index contributed by atoms with van der Waals surface area (Å²) in [7, 11) is 0. The lowest BCUT2D eigenvalue weighted by molar-refractivity contribution is -0.128. The van der Waals surface area contributed by atoms with Crippen molar-refractivity contribution in [2.75, 3.05) is 0 Å². The summed E-state index contributed by atoms with van der Waals surface area (Å²) in [6, 6.07) is 0.